The van der Waals surface area contributed by atoms with E-state index in [4.69, 9.17) is 5.73 Å². The lowest BCUT2D eigenvalue weighted by atomic mass is 9.91. The fraction of sp³-hybridized carbons (Fsp3) is 0.552. The third-order valence-electron chi connectivity index (χ3n) is 8.41. The van der Waals surface area contributed by atoms with Crippen molar-refractivity contribution in [3.05, 3.63) is 71.8 Å². The van der Waals surface area contributed by atoms with Crippen LogP contribution in [0.15, 0.2) is 60.7 Å². The molecule has 0 spiro atoms. The number of nitrogens with one attached hydrogen (secondary N) is 1. The third kappa shape index (κ3) is 5.31. The van der Waals surface area contributed by atoms with Crippen LogP contribution in [0.5, 0.6) is 0 Å². The van der Waals surface area contributed by atoms with Gasteiger partial charge in [0.05, 0.1) is 12.6 Å². The van der Waals surface area contributed by atoms with E-state index in [-0.39, 0.29) is 30.1 Å². The number of rotatable bonds is 6. The van der Waals surface area contributed by atoms with Crippen molar-refractivity contribution in [3.63, 3.8) is 0 Å². The number of likely N-dealkylation sites (tertiary alicyclic amines) is 2. The van der Waals surface area contributed by atoms with Gasteiger partial charge in [0, 0.05) is 37.6 Å². The molecule has 4 unspecified atom stereocenters. The normalized spacial score (nSPS) is 32.6. The van der Waals surface area contributed by atoms with Crippen LogP contribution < -0.4 is 11.1 Å². The summed E-state index contributed by atoms with van der Waals surface area (Å²) in [5.74, 6) is 0.646. The van der Waals surface area contributed by atoms with Crippen LogP contribution in [-0.2, 0) is 10.4 Å². The van der Waals surface area contributed by atoms with Gasteiger partial charge in [0.25, 0.3) is 0 Å². The summed E-state index contributed by atoms with van der Waals surface area (Å²) in [5.41, 5.74) is 7.44. The highest BCUT2D eigenvalue weighted by Crippen LogP contribution is 2.38. The van der Waals surface area contributed by atoms with Crippen LogP contribution in [0.3, 0.4) is 0 Å². The van der Waals surface area contributed by atoms with Crippen LogP contribution in [0.2, 0.25) is 0 Å². The Labute approximate surface area is 209 Å². The molecule has 188 valence electrons. The van der Waals surface area contributed by atoms with Gasteiger partial charge in [-0.2, -0.15) is 0 Å². The smallest absolute Gasteiger partial charge is 0.240 e. The topological polar surface area (TPSA) is 81.8 Å². The first kappa shape index (κ1) is 24.4. The number of piperidine rings is 1. The molecular weight excluding hydrogens is 436 g/mol. The summed E-state index contributed by atoms with van der Waals surface area (Å²) in [4.78, 5) is 18.3. The summed E-state index contributed by atoms with van der Waals surface area (Å²) in [6, 6.07) is 20.5. The van der Waals surface area contributed by atoms with E-state index in [1.807, 2.05) is 42.2 Å². The number of nitrogens with zero attached hydrogens (tertiary/aromatic N) is 2. The van der Waals surface area contributed by atoms with Gasteiger partial charge in [-0.05, 0) is 56.2 Å². The maximum atomic E-state index is 13.9. The monoisotopic (exact) mass is 476 g/mol. The number of hydrogen-bond donors (Lipinski definition) is 3. The standard InChI is InChI=1S/C29H40N4O2/c1-21(30)26-13-8-14-27(31-26)28(34)33-20-29(35,24-11-6-3-7-12-24)17-25(33)19-32-16-15-23(18-32)22-9-4-2-5-10-22/h2-7,9-12,21,23,25-27,31,35H,8,13-20,30H2,1H3/t21?,23?,25-,26?,27?,29+/m0/s1. The second kappa shape index (κ2) is 10.4. The summed E-state index contributed by atoms with van der Waals surface area (Å²) in [6.45, 7) is 5.18. The number of nitrogens with two attached hydrogens (primary N) is 1. The molecule has 6 atom stereocenters. The number of benzene rings is 2. The first-order chi connectivity index (χ1) is 16.9. The maximum Gasteiger partial charge on any atom is 0.240 e. The molecule has 4 N–H and O–H groups in total. The Morgan fingerprint density at radius 3 is 2.54 bits per heavy atom. The van der Waals surface area contributed by atoms with E-state index in [0.717, 1.165) is 50.9 Å². The molecule has 3 aliphatic rings. The van der Waals surface area contributed by atoms with Crippen molar-refractivity contribution in [2.75, 3.05) is 26.2 Å². The van der Waals surface area contributed by atoms with Crippen molar-refractivity contribution >= 4 is 5.91 Å². The lowest BCUT2D eigenvalue weighted by molar-refractivity contribution is -0.136. The largest absolute Gasteiger partial charge is 0.383 e. The number of carbonyl (C=O) groups excluding carboxylic acids is 1. The molecule has 2 aromatic carbocycles. The van der Waals surface area contributed by atoms with Crippen LogP contribution in [0.25, 0.3) is 0 Å². The van der Waals surface area contributed by atoms with E-state index in [0.29, 0.717) is 18.9 Å². The van der Waals surface area contributed by atoms with Gasteiger partial charge in [-0.3, -0.25) is 4.79 Å². The predicted molar refractivity (Wildman–Crippen MR) is 139 cm³/mol. The average Bonchev–Trinajstić information content (AvgIpc) is 3.50. The summed E-state index contributed by atoms with van der Waals surface area (Å²) in [5, 5.41) is 15.3. The SMILES string of the molecule is CC(N)C1CCCC(C(=O)N2C[C@@](O)(c3ccccc3)C[C@H]2CN2CCC(c3ccccc3)C2)N1. The minimum Gasteiger partial charge on any atom is -0.383 e. The Morgan fingerprint density at radius 2 is 1.83 bits per heavy atom. The van der Waals surface area contributed by atoms with Crippen LogP contribution in [0, 0.1) is 0 Å². The number of carbonyl (C=O) groups is 1. The fourth-order valence-corrected chi connectivity index (χ4v) is 6.42. The minimum atomic E-state index is -1.02. The van der Waals surface area contributed by atoms with Gasteiger partial charge < -0.3 is 26.0 Å². The maximum absolute atomic E-state index is 13.9. The molecule has 0 radical (unpaired) electrons. The van der Waals surface area contributed by atoms with E-state index < -0.39 is 5.60 Å². The molecule has 3 aliphatic heterocycles. The Morgan fingerprint density at radius 1 is 1.11 bits per heavy atom. The van der Waals surface area contributed by atoms with Gasteiger partial charge in [-0.15, -0.1) is 0 Å². The molecular formula is C29H40N4O2. The van der Waals surface area contributed by atoms with Crippen LogP contribution in [-0.4, -0.2) is 71.2 Å². The predicted octanol–water partition coefficient (Wildman–Crippen LogP) is 2.82. The highest BCUT2D eigenvalue weighted by atomic mass is 16.3. The molecule has 1 amide bonds. The van der Waals surface area contributed by atoms with Crippen molar-refractivity contribution < 1.29 is 9.90 Å². The molecule has 6 heteroatoms. The van der Waals surface area contributed by atoms with E-state index in [2.05, 4.69) is 40.5 Å². The van der Waals surface area contributed by atoms with Gasteiger partial charge in [0.2, 0.25) is 5.91 Å². The zero-order valence-corrected chi connectivity index (χ0v) is 20.9. The number of aliphatic hydroxyl groups is 1. The third-order valence-corrected chi connectivity index (χ3v) is 8.41. The number of hydrogen-bond acceptors (Lipinski definition) is 5. The van der Waals surface area contributed by atoms with Crippen LogP contribution >= 0.6 is 0 Å². The van der Waals surface area contributed by atoms with E-state index in [1.54, 1.807) is 0 Å². The van der Waals surface area contributed by atoms with Crippen LogP contribution in [0.4, 0.5) is 0 Å². The van der Waals surface area contributed by atoms with Gasteiger partial charge in [0.1, 0.15) is 5.60 Å². The molecule has 0 saturated carbocycles. The highest BCUT2D eigenvalue weighted by molar-refractivity contribution is 5.83. The van der Waals surface area contributed by atoms with Gasteiger partial charge in [-0.1, -0.05) is 60.7 Å². The number of β-amino-alcohol motifs (C(OH)–C–C–N with tert-alkyl or cyclic N) is 1. The molecule has 3 fully saturated rings. The Bertz CT molecular complexity index is 985. The van der Waals surface area contributed by atoms with Crippen LogP contribution in [0.1, 0.15) is 56.1 Å². The van der Waals surface area contributed by atoms with Gasteiger partial charge in [-0.25, -0.2) is 0 Å². The Hall–Kier alpha value is -2.25. The number of amides is 1. The summed E-state index contributed by atoms with van der Waals surface area (Å²) >= 11 is 0. The zero-order chi connectivity index (χ0) is 24.4. The molecule has 6 nitrogen and oxygen atoms in total. The van der Waals surface area contributed by atoms with Crippen molar-refractivity contribution in [1.29, 1.82) is 0 Å². The second-order valence-corrected chi connectivity index (χ2v) is 11.0. The summed E-state index contributed by atoms with van der Waals surface area (Å²) < 4.78 is 0. The quantitative estimate of drug-likeness (QED) is 0.597. The molecule has 35 heavy (non-hydrogen) atoms. The van der Waals surface area contributed by atoms with Crippen molar-refractivity contribution in [2.45, 2.75) is 74.7 Å². The summed E-state index contributed by atoms with van der Waals surface area (Å²) in [7, 11) is 0. The molecule has 0 aliphatic carbocycles. The molecule has 2 aromatic rings. The Balaban J connectivity index is 1.33. The fourth-order valence-electron chi connectivity index (χ4n) is 6.42. The molecule has 3 heterocycles. The molecule has 0 aromatic heterocycles. The first-order valence-electron chi connectivity index (χ1n) is 13.3. The van der Waals surface area contributed by atoms with E-state index in [1.165, 1.54) is 5.56 Å². The second-order valence-electron chi connectivity index (χ2n) is 11.0. The van der Waals surface area contributed by atoms with Crippen molar-refractivity contribution in [2.24, 2.45) is 5.73 Å². The highest BCUT2D eigenvalue weighted by Gasteiger charge is 2.48. The van der Waals surface area contributed by atoms with Gasteiger partial charge in [0.15, 0.2) is 0 Å². The molecule has 5 rings (SSSR count). The van der Waals surface area contributed by atoms with E-state index in [9.17, 15) is 9.90 Å². The van der Waals surface area contributed by atoms with Crippen molar-refractivity contribution in [3.8, 4) is 0 Å². The van der Waals surface area contributed by atoms with Crippen molar-refractivity contribution in [1.82, 2.24) is 15.1 Å². The lowest BCUT2D eigenvalue weighted by Crippen LogP contribution is -2.58. The first-order valence-corrected chi connectivity index (χ1v) is 13.3. The summed E-state index contributed by atoms with van der Waals surface area (Å²) in [6.07, 6.45) is 4.54. The average molecular weight is 477 g/mol. The minimum absolute atomic E-state index is 0.0142. The van der Waals surface area contributed by atoms with E-state index >= 15 is 0 Å². The Kier molecular flexibility index (Phi) is 7.26. The molecule has 3 saturated heterocycles. The zero-order valence-electron chi connectivity index (χ0n) is 20.9. The lowest BCUT2D eigenvalue weighted by Gasteiger charge is -2.37. The molecule has 0 bridgehead atoms. The van der Waals surface area contributed by atoms with Gasteiger partial charge >= 0.3 is 0 Å².